The van der Waals surface area contributed by atoms with E-state index in [0.717, 1.165) is 12.1 Å². The maximum Gasteiger partial charge on any atom is 0.347 e. The zero-order valence-corrected chi connectivity index (χ0v) is 11.9. The summed E-state index contributed by atoms with van der Waals surface area (Å²) in [7, 11) is 0. The van der Waals surface area contributed by atoms with E-state index in [-0.39, 0.29) is 16.8 Å². The van der Waals surface area contributed by atoms with Gasteiger partial charge in [-0.1, -0.05) is 6.07 Å². The lowest BCUT2D eigenvalue weighted by Crippen LogP contribution is -2.08. The van der Waals surface area contributed by atoms with Crippen molar-refractivity contribution in [3.05, 3.63) is 58.5 Å². The number of carbonyl (C=O) groups excluding carboxylic acids is 1. The van der Waals surface area contributed by atoms with Crippen LogP contribution in [0.4, 0.5) is 14.5 Å². The minimum absolute atomic E-state index is 0.0942. The summed E-state index contributed by atoms with van der Waals surface area (Å²) in [5.41, 5.74) is -0.714. The quantitative estimate of drug-likeness (QED) is 0.788. The molecule has 5 nitrogen and oxygen atoms in total. The lowest BCUT2D eigenvalue weighted by Gasteiger charge is -2.06. The fraction of sp³-hybridized carbons (Fsp3) is 0.0625. The molecule has 2 aromatic carbocycles. The number of carbonyl (C=O) groups is 1. The van der Waals surface area contributed by atoms with Crippen LogP contribution < -0.4 is 10.9 Å². The molecule has 3 rings (SSSR count). The number of benzene rings is 2. The number of nitrogens with one attached hydrogen (secondary N) is 1. The molecular formula is C16H10F2N2O3. The minimum Gasteiger partial charge on any atom is -0.403 e. The number of hydrogen-bond acceptors (Lipinski definition) is 4. The summed E-state index contributed by atoms with van der Waals surface area (Å²) in [6.07, 6.45) is 0. The largest absolute Gasteiger partial charge is 0.403 e. The predicted molar refractivity (Wildman–Crippen MR) is 79.9 cm³/mol. The van der Waals surface area contributed by atoms with Gasteiger partial charge in [0.05, 0.1) is 10.9 Å². The molecule has 7 heteroatoms. The zero-order valence-electron chi connectivity index (χ0n) is 11.9. The first-order valence-corrected chi connectivity index (χ1v) is 6.62. The third kappa shape index (κ3) is 2.80. The molecule has 0 bridgehead atoms. The van der Waals surface area contributed by atoms with Crippen LogP contribution in [0.25, 0.3) is 22.4 Å². The van der Waals surface area contributed by atoms with Crippen molar-refractivity contribution in [2.75, 3.05) is 5.32 Å². The molecule has 0 saturated carbocycles. The summed E-state index contributed by atoms with van der Waals surface area (Å²) in [6, 6.07) is 7.66. The first-order valence-electron chi connectivity index (χ1n) is 6.62. The molecule has 1 N–H and O–H groups in total. The average Bonchev–Trinajstić information content (AvgIpc) is 2.47. The number of aromatic nitrogens is 1. The summed E-state index contributed by atoms with van der Waals surface area (Å²) in [5.74, 6) is -2.50. The highest BCUT2D eigenvalue weighted by Gasteiger charge is 2.17. The number of halogens is 2. The SMILES string of the molecule is CC(=O)Nc1ccc2nc(-c3c(F)cccc3F)oc(=O)c2c1. The van der Waals surface area contributed by atoms with E-state index in [2.05, 4.69) is 10.3 Å². The third-order valence-corrected chi connectivity index (χ3v) is 3.12. The highest BCUT2D eigenvalue weighted by atomic mass is 19.1. The molecule has 23 heavy (non-hydrogen) atoms. The van der Waals surface area contributed by atoms with Crippen LogP contribution in [0.5, 0.6) is 0 Å². The molecule has 3 aromatic rings. The first kappa shape index (κ1) is 14.8. The van der Waals surface area contributed by atoms with Crippen molar-refractivity contribution >= 4 is 22.5 Å². The average molecular weight is 316 g/mol. The van der Waals surface area contributed by atoms with Gasteiger partial charge in [-0.05, 0) is 30.3 Å². The van der Waals surface area contributed by atoms with Crippen LogP contribution in [0.3, 0.4) is 0 Å². The van der Waals surface area contributed by atoms with Crippen molar-refractivity contribution in [3.8, 4) is 11.5 Å². The van der Waals surface area contributed by atoms with Gasteiger partial charge in [-0.15, -0.1) is 0 Å². The number of rotatable bonds is 2. The Morgan fingerprint density at radius 2 is 1.87 bits per heavy atom. The Bertz CT molecular complexity index is 962. The Morgan fingerprint density at radius 3 is 2.52 bits per heavy atom. The molecule has 0 saturated heterocycles. The lowest BCUT2D eigenvalue weighted by atomic mass is 10.2. The van der Waals surface area contributed by atoms with Gasteiger partial charge in [-0.3, -0.25) is 4.79 Å². The number of amides is 1. The van der Waals surface area contributed by atoms with E-state index in [0.29, 0.717) is 5.69 Å². The van der Waals surface area contributed by atoms with E-state index in [1.165, 1.54) is 31.2 Å². The second-order valence-electron chi connectivity index (χ2n) is 4.82. The van der Waals surface area contributed by atoms with Crippen LogP contribution in [0.15, 0.2) is 45.6 Å². The summed E-state index contributed by atoms with van der Waals surface area (Å²) in [5, 5.41) is 2.62. The van der Waals surface area contributed by atoms with Gasteiger partial charge in [0.1, 0.15) is 17.2 Å². The molecule has 0 radical (unpaired) electrons. The standard InChI is InChI=1S/C16H10F2N2O3/c1-8(21)19-9-5-6-13-10(7-9)16(22)23-15(20-13)14-11(17)3-2-4-12(14)18/h2-7H,1H3,(H,19,21). The second kappa shape index (κ2) is 5.60. The Kier molecular flexibility index (Phi) is 3.61. The topological polar surface area (TPSA) is 72.2 Å². The highest BCUT2D eigenvalue weighted by molar-refractivity contribution is 5.92. The molecule has 0 fully saturated rings. The molecule has 1 aromatic heterocycles. The Hall–Kier alpha value is -3.09. The van der Waals surface area contributed by atoms with Crippen molar-refractivity contribution in [1.82, 2.24) is 4.98 Å². The van der Waals surface area contributed by atoms with Crippen LogP contribution in [-0.4, -0.2) is 10.9 Å². The van der Waals surface area contributed by atoms with Crippen molar-refractivity contribution in [1.29, 1.82) is 0 Å². The van der Waals surface area contributed by atoms with Crippen LogP contribution in [0.1, 0.15) is 6.92 Å². The van der Waals surface area contributed by atoms with E-state index in [9.17, 15) is 18.4 Å². The maximum atomic E-state index is 13.8. The van der Waals surface area contributed by atoms with E-state index < -0.39 is 28.7 Å². The fourth-order valence-corrected chi connectivity index (χ4v) is 2.16. The molecule has 116 valence electrons. The van der Waals surface area contributed by atoms with E-state index >= 15 is 0 Å². The van der Waals surface area contributed by atoms with Gasteiger partial charge in [0.25, 0.3) is 0 Å². The number of fused-ring (bicyclic) bond motifs is 1. The summed E-state index contributed by atoms with van der Waals surface area (Å²) < 4.78 is 32.5. The van der Waals surface area contributed by atoms with Crippen molar-refractivity contribution in [3.63, 3.8) is 0 Å². The van der Waals surface area contributed by atoms with Crippen LogP contribution in [-0.2, 0) is 4.79 Å². The number of anilines is 1. The third-order valence-electron chi connectivity index (χ3n) is 3.12. The Morgan fingerprint density at radius 1 is 1.17 bits per heavy atom. The molecule has 0 aliphatic carbocycles. The molecule has 0 aliphatic heterocycles. The first-order chi connectivity index (χ1) is 11.0. The zero-order chi connectivity index (χ0) is 16.6. The summed E-state index contributed by atoms with van der Waals surface area (Å²) >= 11 is 0. The van der Waals surface area contributed by atoms with Crippen molar-refractivity contribution < 1.29 is 18.0 Å². The van der Waals surface area contributed by atoms with Gasteiger partial charge < -0.3 is 9.73 Å². The maximum absolute atomic E-state index is 13.8. The van der Waals surface area contributed by atoms with Gasteiger partial charge in [0.2, 0.25) is 11.8 Å². The van der Waals surface area contributed by atoms with E-state index in [1.807, 2.05) is 0 Å². The highest BCUT2D eigenvalue weighted by Crippen LogP contribution is 2.25. The molecule has 0 aliphatic rings. The van der Waals surface area contributed by atoms with Crippen LogP contribution in [0, 0.1) is 11.6 Å². The molecule has 0 unspecified atom stereocenters. The molecule has 1 amide bonds. The van der Waals surface area contributed by atoms with Gasteiger partial charge in [-0.2, -0.15) is 0 Å². The monoisotopic (exact) mass is 316 g/mol. The summed E-state index contributed by atoms with van der Waals surface area (Å²) in [4.78, 5) is 27.1. The van der Waals surface area contributed by atoms with E-state index in [4.69, 9.17) is 4.42 Å². The Balaban J connectivity index is 2.19. The smallest absolute Gasteiger partial charge is 0.347 e. The lowest BCUT2D eigenvalue weighted by molar-refractivity contribution is -0.114. The fourth-order valence-electron chi connectivity index (χ4n) is 2.16. The molecular weight excluding hydrogens is 306 g/mol. The van der Waals surface area contributed by atoms with Crippen molar-refractivity contribution in [2.45, 2.75) is 6.92 Å². The molecule has 0 spiro atoms. The second-order valence-corrected chi connectivity index (χ2v) is 4.82. The minimum atomic E-state index is -0.880. The Labute approximate surface area is 128 Å². The van der Waals surface area contributed by atoms with E-state index in [1.54, 1.807) is 0 Å². The van der Waals surface area contributed by atoms with Gasteiger partial charge in [0.15, 0.2) is 0 Å². The van der Waals surface area contributed by atoms with Gasteiger partial charge >= 0.3 is 5.63 Å². The number of nitrogens with zero attached hydrogens (tertiary/aromatic N) is 1. The molecule has 1 heterocycles. The normalized spacial score (nSPS) is 10.7. The van der Waals surface area contributed by atoms with Crippen LogP contribution in [0.2, 0.25) is 0 Å². The molecule has 0 atom stereocenters. The summed E-state index contributed by atoms with van der Waals surface area (Å²) in [6.45, 7) is 1.33. The van der Waals surface area contributed by atoms with Gasteiger partial charge in [-0.25, -0.2) is 18.6 Å². The van der Waals surface area contributed by atoms with Crippen molar-refractivity contribution in [2.24, 2.45) is 0 Å². The van der Waals surface area contributed by atoms with Gasteiger partial charge in [0, 0.05) is 12.6 Å². The number of hydrogen-bond donors (Lipinski definition) is 1. The predicted octanol–water partition coefficient (Wildman–Crippen LogP) is 3.09. The van der Waals surface area contributed by atoms with Crippen LogP contribution >= 0.6 is 0 Å².